The van der Waals surface area contributed by atoms with Crippen molar-refractivity contribution in [1.82, 2.24) is 0 Å². The van der Waals surface area contributed by atoms with Crippen molar-refractivity contribution in [2.24, 2.45) is 0 Å². The Labute approximate surface area is 195 Å². The minimum absolute atomic E-state index is 0.0469. The van der Waals surface area contributed by atoms with E-state index in [-0.39, 0.29) is 22.9 Å². The van der Waals surface area contributed by atoms with Crippen LogP contribution < -0.4 is 13.3 Å². The van der Waals surface area contributed by atoms with E-state index in [1.807, 2.05) is 36.4 Å². The summed E-state index contributed by atoms with van der Waals surface area (Å²) < 4.78 is 61.2. The van der Waals surface area contributed by atoms with Crippen LogP contribution in [0, 0.1) is 0 Å². The summed E-state index contributed by atoms with van der Waals surface area (Å²) in [5.74, 6) is 0.202. The normalized spacial score (nSPS) is 15.7. The third kappa shape index (κ3) is 4.84. The number of rotatable bonds is 7. The molecule has 0 saturated carbocycles. The molecule has 3 aromatic carbocycles. The lowest BCUT2D eigenvalue weighted by molar-refractivity contribution is 0.402. The SMILES string of the molecule is COc1ccc(N2CCCCS2(=O)=O)cc1S(=O)(=O)N(Cc1ccccc1)c1ccccc1. The van der Waals surface area contributed by atoms with Gasteiger partial charge < -0.3 is 4.74 Å². The second kappa shape index (κ2) is 9.44. The summed E-state index contributed by atoms with van der Waals surface area (Å²) in [6.45, 7) is 0.434. The van der Waals surface area contributed by atoms with Gasteiger partial charge in [0.25, 0.3) is 10.0 Å². The number of hydrogen-bond donors (Lipinski definition) is 0. The Bertz CT molecular complexity index is 1310. The summed E-state index contributed by atoms with van der Waals surface area (Å²) in [4.78, 5) is -0.0805. The molecule has 0 unspecified atom stereocenters. The third-order valence-corrected chi connectivity index (χ3v) is 9.23. The molecule has 1 fully saturated rings. The van der Waals surface area contributed by atoms with Crippen molar-refractivity contribution in [3.05, 3.63) is 84.4 Å². The van der Waals surface area contributed by atoms with E-state index in [1.54, 1.807) is 30.3 Å². The van der Waals surface area contributed by atoms with Crippen LogP contribution in [0.2, 0.25) is 0 Å². The maximum Gasteiger partial charge on any atom is 0.268 e. The molecular weight excluding hydrogens is 460 g/mol. The molecule has 0 spiro atoms. The highest BCUT2D eigenvalue weighted by molar-refractivity contribution is 7.93. The van der Waals surface area contributed by atoms with Gasteiger partial charge in [-0.05, 0) is 48.7 Å². The number of methoxy groups -OCH3 is 1. The van der Waals surface area contributed by atoms with Gasteiger partial charge in [0.1, 0.15) is 10.6 Å². The second-order valence-corrected chi connectivity index (χ2v) is 11.6. The fraction of sp³-hybridized carbons (Fsp3) is 0.250. The van der Waals surface area contributed by atoms with Crippen LogP contribution in [0.5, 0.6) is 5.75 Å². The van der Waals surface area contributed by atoms with E-state index in [0.29, 0.717) is 24.3 Å². The Morgan fingerprint density at radius 2 is 1.61 bits per heavy atom. The first-order valence-corrected chi connectivity index (χ1v) is 13.7. The molecule has 0 N–H and O–H groups in total. The molecule has 1 heterocycles. The van der Waals surface area contributed by atoms with Crippen LogP contribution in [0.15, 0.2) is 83.8 Å². The Hall–Kier alpha value is -3.04. The Morgan fingerprint density at radius 1 is 0.939 bits per heavy atom. The molecule has 0 radical (unpaired) electrons. The van der Waals surface area contributed by atoms with Crippen LogP contribution >= 0.6 is 0 Å². The summed E-state index contributed by atoms with van der Waals surface area (Å²) in [6.07, 6.45) is 1.32. The molecule has 0 amide bonds. The number of nitrogens with zero attached hydrogens (tertiary/aromatic N) is 2. The number of para-hydroxylation sites is 1. The molecule has 9 heteroatoms. The van der Waals surface area contributed by atoms with E-state index in [2.05, 4.69) is 0 Å². The second-order valence-electron chi connectivity index (χ2n) is 7.76. The zero-order chi connectivity index (χ0) is 23.5. The Kier molecular flexibility index (Phi) is 6.62. The van der Waals surface area contributed by atoms with Crippen LogP contribution in [0.25, 0.3) is 0 Å². The van der Waals surface area contributed by atoms with Gasteiger partial charge in [-0.3, -0.25) is 8.61 Å². The van der Waals surface area contributed by atoms with Crippen LogP contribution in [0.4, 0.5) is 11.4 Å². The predicted molar refractivity (Wildman–Crippen MR) is 130 cm³/mol. The van der Waals surface area contributed by atoms with E-state index in [1.165, 1.54) is 27.9 Å². The maximum absolute atomic E-state index is 14.0. The molecule has 1 saturated heterocycles. The van der Waals surface area contributed by atoms with E-state index >= 15 is 0 Å². The molecule has 0 atom stereocenters. The van der Waals surface area contributed by atoms with Gasteiger partial charge in [-0.15, -0.1) is 0 Å². The van der Waals surface area contributed by atoms with E-state index in [9.17, 15) is 16.8 Å². The number of anilines is 2. The van der Waals surface area contributed by atoms with Crippen LogP contribution in [-0.2, 0) is 26.6 Å². The zero-order valence-corrected chi connectivity index (χ0v) is 19.9. The standard InChI is InChI=1S/C24H26N2O5S2/c1-31-23-15-14-22(25-16-8-9-17-32(25,27)28)18-24(23)33(29,30)26(21-12-6-3-7-13-21)19-20-10-4-2-5-11-20/h2-7,10-15,18H,8-9,16-17,19H2,1H3. The van der Waals surface area contributed by atoms with Crippen molar-refractivity contribution in [2.45, 2.75) is 24.3 Å². The van der Waals surface area contributed by atoms with Gasteiger partial charge in [0.05, 0.1) is 30.8 Å². The van der Waals surface area contributed by atoms with Crippen LogP contribution in [0.3, 0.4) is 0 Å². The van der Waals surface area contributed by atoms with Crippen molar-refractivity contribution in [1.29, 1.82) is 0 Å². The van der Waals surface area contributed by atoms with E-state index < -0.39 is 20.0 Å². The van der Waals surface area contributed by atoms with Crippen molar-refractivity contribution in [2.75, 3.05) is 28.0 Å². The Balaban J connectivity index is 1.83. The van der Waals surface area contributed by atoms with Crippen molar-refractivity contribution >= 4 is 31.4 Å². The lowest BCUT2D eigenvalue weighted by atomic mass is 10.2. The van der Waals surface area contributed by atoms with Gasteiger partial charge in [0, 0.05) is 6.54 Å². The summed E-state index contributed by atoms with van der Waals surface area (Å²) in [6, 6.07) is 22.6. The van der Waals surface area contributed by atoms with Crippen molar-refractivity contribution in [3.8, 4) is 5.75 Å². The fourth-order valence-electron chi connectivity index (χ4n) is 3.88. The van der Waals surface area contributed by atoms with Crippen LogP contribution in [-0.4, -0.2) is 36.2 Å². The van der Waals surface area contributed by atoms with E-state index in [4.69, 9.17) is 4.74 Å². The quantitative estimate of drug-likeness (QED) is 0.504. The third-order valence-electron chi connectivity index (χ3n) is 5.57. The zero-order valence-electron chi connectivity index (χ0n) is 18.3. The molecule has 0 bridgehead atoms. The topological polar surface area (TPSA) is 84.0 Å². The molecule has 0 aromatic heterocycles. The fourth-order valence-corrected chi connectivity index (χ4v) is 7.14. The monoisotopic (exact) mass is 486 g/mol. The first kappa shape index (κ1) is 23.1. The number of sulfonamides is 2. The molecule has 4 rings (SSSR count). The number of ether oxygens (including phenoxy) is 1. The number of benzene rings is 3. The summed E-state index contributed by atoms with van der Waals surface area (Å²) in [5.41, 5.74) is 1.64. The van der Waals surface area contributed by atoms with Crippen LogP contribution in [0.1, 0.15) is 18.4 Å². The largest absolute Gasteiger partial charge is 0.495 e. The first-order valence-electron chi connectivity index (χ1n) is 10.6. The van der Waals surface area contributed by atoms with Gasteiger partial charge in [-0.2, -0.15) is 0 Å². The van der Waals surface area contributed by atoms with Gasteiger partial charge in [0.2, 0.25) is 10.0 Å². The molecule has 3 aromatic rings. The highest BCUT2D eigenvalue weighted by Crippen LogP contribution is 2.35. The Morgan fingerprint density at radius 3 is 2.24 bits per heavy atom. The molecular formula is C24H26N2O5S2. The van der Waals surface area contributed by atoms with Gasteiger partial charge >= 0.3 is 0 Å². The average molecular weight is 487 g/mol. The molecule has 1 aliphatic rings. The highest BCUT2D eigenvalue weighted by atomic mass is 32.2. The van der Waals surface area contributed by atoms with Gasteiger partial charge in [-0.25, -0.2) is 16.8 Å². The average Bonchev–Trinajstić information content (AvgIpc) is 2.83. The summed E-state index contributed by atoms with van der Waals surface area (Å²) in [5, 5.41) is 0. The summed E-state index contributed by atoms with van der Waals surface area (Å²) >= 11 is 0. The minimum Gasteiger partial charge on any atom is -0.495 e. The maximum atomic E-state index is 14.0. The molecule has 0 aliphatic carbocycles. The molecule has 33 heavy (non-hydrogen) atoms. The van der Waals surface area contributed by atoms with Crippen molar-refractivity contribution < 1.29 is 21.6 Å². The first-order chi connectivity index (χ1) is 15.8. The van der Waals surface area contributed by atoms with Gasteiger partial charge in [0.15, 0.2) is 0 Å². The van der Waals surface area contributed by atoms with Crippen molar-refractivity contribution in [3.63, 3.8) is 0 Å². The highest BCUT2D eigenvalue weighted by Gasteiger charge is 2.32. The summed E-state index contributed by atoms with van der Waals surface area (Å²) in [7, 11) is -6.20. The smallest absolute Gasteiger partial charge is 0.268 e. The molecule has 174 valence electrons. The number of hydrogen-bond acceptors (Lipinski definition) is 5. The molecule has 7 nitrogen and oxygen atoms in total. The minimum atomic E-state index is -4.11. The lowest BCUT2D eigenvalue weighted by Crippen LogP contribution is -2.38. The lowest BCUT2D eigenvalue weighted by Gasteiger charge is -2.30. The van der Waals surface area contributed by atoms with Gasteiger partial charge in [-0.1, -0.05) is 48.5 Å². The van der Waals surface area contributed by atoms with E-state index in [0.717, 1.165) is 12.0 Å². The predicted octanol–water partition coefficient (Wildman–Crippen LogP) is 4.02. The molecule has 1 aliphatic heterocycles.